The Bertz CT molecular complexity index is 723. The number of imide groups is 1. The van der Waals surface area contributed by atoms with E-state index < -0.39 is 0 Å². The van der Waals surface area contributed by atoms with Crippen molar-refractivity contribution in [3.05, 3.63) is 59.2 Å². The van der Waals surface area contributed by atoms with Crippen LogP contribution in [0.25, 0.3) is 0 Å². The number of anilines is 1. The monoisotopic (exact) mass is 282 g/mol. The van der Waals surface area contributed by atoms with Crippen LogP contribution in [0.15, 0.2) is 42.5 Å². The van der Waals surface area contributed by atoms with Gasteiger partial charge in [-0.2, -0.15) is 0 Å². The number of fused-ring (bicyclic) bond motifs is 1. The van der Waals surface area contributed by atoms with Crippen molar-refractivity contribution in [1.82, 2.24) is 4.90 Å². The molecule has 0 radical (unpaired) electrons. The number of carbonyl (C=O) groups excluding carboxylic acids is 2. The third-order valence-corrected chi connectivity index (χ3v) is 3.52. The number of hydrogen-bond donors (Lipinski definition) is 2. The van der Waals surface area contributed by atoms with Gasteiger partial charge in [-0.25, -0.2) is 0 Å². The van der Waals surface area contributed by atoms with E-state index in [1.54, 1.807) is 30.3 Å². The molecule has 21 heavy (non-hydrogen) atoms. The van der Waals surface area contributed by atoms with Gasteiger partial charge in [-0.3, -0.25) is 14.5 Å². The van der Waals surface area contributed by atoms with Gasteiger partial charge in [0, 0.05) is 19.3 Å². The van der Waals surface area contributed by atoms with Gasteiger partial charge in [0.2, 0.25) is 0 Å². The van der Waals surface area contributed by atoms with Crippen molar-refractivity contribution in [2.75, 3.05) is 12.4 Å². The molecule has 5 nitrogen and oxygen atoms in total. The van der Waals surface area contributed by atoms with E-state index in [1.807, 2.05) is 12.1 Å². The van der Waals surface area contributed by atoms with Crippen LogP contribution in [-0.4, -0.2) is 28.9 Å². The topological polar surface area (TPSA) is 69.6 Å². The van der Waals surface area contributed by atoms with E-state index in [2.05, 4.69) is 5.32 Å². The van der Waals surface area contributed by atoms with Crippen LogP contribution in [0.1, 0.15) is 26.3 Å². The summed E-state index contributed by atoms with van der Waals surface area (Å²) in [7, 11) is 1.48. The van der Waals surface area contributed by atoms with Crippen LogP contribution >= 0.6 is 0 Å². The molecule has 0 aromatic heterocycles. The molecule has 2 amide bonds. The molecule has 0 bridgehead atoms. The highest BCUT2D eigenvalue weighted by Crippen LogP contribution is 2.25. The van der Waals surface area contributed by atoms with Gasteiger partial charge in [0.1, 0.15) is 5.75 Å². The van der Waals surface area contributed by atoms with Crippen molar-refractivity contribution < 1.29 is 14.7 Å². The summed E-state index contributed by atoms with van der Waals surface area (Å²) in [6.45, 7) is 0.567. The van der Waals surface area contributed by atoms with Crippen LogP contribution in [0.2, 0.25) is 0 Å². The molecule has 1 heterocycles. The molecule has 0 fully saturated rings. The minimum atomic E-state index is -0.275. The molecule has 0 aliphatic carbocycles. The Morgan fingerprint density at radius 1 is 1.00 bits per heavy atom. The highest BCUT2D eigenvalue weighted by atomic mass is 16.3. The molecular formula is C16H14N2O3. The van der Waals surface area contributed by atoms with Crippen molar-refractivity contribution in [2.45, 2.75) is 6.54 Å². The fraction of sp³-hybridized carbons (Fsp3) is 0.125. The lowest BCUT2D eigenvalue weighted by Crippen LogP contribution is -2.24. The zero-order chi connectivity index (χ0) is 15.0. The number of hydrogen-bond acceptors (Lipinski definition) is 4. The Balaban J connectivity index is 1.78. The Hall–Kier alpha value is -2.82. The van der Waals surface area contributed by atoms with Crippen LogP contribution in [0.5, 0.6) is 5.75 Å². The number of rotatable bonds is 3. The highest BCUT2D eigenvalue weighted by Gasteiger charge is 2.32. The van der Waals surface area contributed by atoms with E-state index in [-0.39, 0.29) is 17.6 Å². The largest absolute Gasteiger partial charge is 0.508 e. The van der Waals surface area contributed by atoms with Crippen molar-refractivity contribution in [3.63, 3.8) is 0 Å². The maximum Gasteiger partial charge on any atom is 0.261 e. The van der Waals surface area contributed by atoms with Crippen LogP contribution < -0.4 is 5.32 Å². The minimum Gasteiger partial charge on any atom is -0.508 e. The summed E-state index contributed by atoms with van der Waals surface area (Å²) in [5.41, 5.74) is 2.65. The van der Waals surface area contributed by atoms with Gasteiger partial charge in [-0.1, -0.05) is 12.1 Å². The summed E-state index contributed by atoms with van der Waals surface area (Å²) >= 11 is 0. The summed E-state index contributed by atoms with van der Waals surface area (Å²) in [6, 6.07) is 12.0. The molecule has 0 unspecified atom stereocenters. The first-order chi connectivity index (χ1) is 10.1. The molecule has 2 aromatic rings. The summed E-state index contributed by atoms with van der Waals surface area (Å²) in [6.07, 6.45) is 0. The SMILES string of the molecule is CN1C(=O)c2ccc(NCc3ccc(O)cc3)cc2C1=O. The predicted octanol–water partition coefficient (Wildman–Crippen LogP) is 2.23. The number of benzene rings is 2. The molecule has 2 aromatic carbocycles. The minimum absolute atomic E-state index is 0.225. The second-order valence-electron chi connectivity index (χ2n) is 4.95. The Morgan fingerprint density at radius 3 is 2.38 bits per heavy atom. The molecule has 106 valence electrons. The summed E-state index contributed by atoms with van der Waals surface area (Å²) in [4.78, 5) is 24.8. The molecule has 1 aliphatic rings. The zero-order valence-electron chi connectivity index (χ0n) is 11.5. The van der Waals surface area contributed by atoms with Crippen molar-refractivity contribution in [1.29, 1.82) is 0 Å². The van der Waals surface area contributed by atoms with Gasteiger partial charge in [-0.15, -0.1) is 0 Å². The number of nitrogens with zero attached hydrogens (tertiary/aromatic N) is 1. The van der Waals surface area contributed by atoms with E-state index in [4.69, 9.17) is 0 Å². The van der Waals surface area contributed by atoms with Gasteiger partial charge < -0.3 is 10.4 Å². The van der Waals surface area contributed by atoms with Crippen molar-refractivity contribution >= 4 is 17.5 Å². The molecule has 5 heteroatoms. The second kappa shape index (κ2) is 4.94. The molecule has 0 spiro atoms. The average Bonchev–Trinajstić information content (AvgIpc) is 2.71. The normalized spacial score (nSPS) is 13.5. The predicted molar refractivity (Wildman–Crippen MR) is 78.3 cm³/mol. The number of nitrogens with one attached hydrogen (secondary N) is 1. The van der Waals surface area contributed by atoms with Gasteiger partial charge in [0.15, 0.2) is 0 Å². The second-order valence-corrected chi connectivity index (χ2v) is 4.95. The molecule has 0 saturated heterocycles. The van der Waals surface area contributed by atoms with E-state index in [0.717, 1.165) is 16.2 Å². The van der Waals surface area contributed by atoms with Gasteiger partial charge >= 0.3 is 0 Å². The number of amides is 2. The zero-order valence-corrected chi connectivity index (χ0v) is 11.5. The van der Waals surface area contributed by atoms with Gasteiger partial charge in [-0.05, 0) is 35.9 Å². The van der Waals surface area contributed by atoms with Gasteiger partial charge in [0.25, 0.3) is 11.8 Å². The summed E-state index contributed by atoms with van der Waals surface area (Å²) < 4.78 is 0. The van der Waals surface area contributed by atoms with Crippen molar-refractivity contribution in [2.24, 2.45) is 0 Å². The third-order valence-electron chi connectivity index (χ3n) is 3.52. The molecule has 3 rings (SSSR count). The third kappa shape index (κ3) is 2.33. The summed E-state index contributed by atoms with van der Waals surface area (Å²) in [5, 5.41) is 12.4. The number of phenols is 1. The first-order valence-corrected chi connectivity index (χ1v) is 6.54. The first kappa shape index (κ1) is 13.2. The van der Waals surface area contributed by atoms with E-state index >= 15 is 0 Å². The molecule has 1 aliphatic heterocycles. The molecular weight excluding hydrogens is 268 g/mol. The highest BCUT2D eigenvalue weighted by molar-refractivity contribution is 6.21. The lowest BCUT2D eigenvalue weighted by atomic mass is 10.1. The van der Waals surface area contributed by atoms with Crippen LogP contribution in [-0.2, 0) is 6.54 Å². The number of aromatic hydroxyl groups is 1. The first-order valence-electron chi connectivity index (χ1n) is 6.54. The molecule has 0 atom stereocenters. The quantitative estimate of drug-likeness (QED) is 0.847. The Morgan fingerprint density at radius 2 is 1.67 bits per heavy atom. The van der Waals surface area contributed by atoms with E-state index in [1.165, 1.54) is 7.05 Å². The van der Waals surface area contributed by atoms with E-state index in [0.29, 0.717) is 17.7 Å². The molecule has 0 saturated carbocycles. The Labute approximate surface area is 121 Å². The lowest BCUT2D eigenvalue weighted by molar-refractivity contribution is 0.0693. The molecule has 2 N–H and O–H groups in total. The van der Waals surface area contributed by atoms with Crippen molar-refractivity contribution in [3.8, 4) is 5.75 Å². The fourth-order valence-electron chi connectivity index (χ4n) is 2.29. The van der Waals surface area contributed by atoms with Crippen LogP contribution in [0, 0.1) is 0 Å². The maximum absolute atomic E-state index is 11.9. The Kier molecular flexibility index (Phi) is 3.10. The van der Waals surface area contributed by atoms with Gasteiger partial charge in [0.05, 0.1) is 11.1 Å². The summed E-state index contributed by atoms with van der Waals surface area (Å²) in [5.74, 6) is -0.313. The number of carbonyl (C=O) groups is 2. The fourth-order valence-corrected chi connectivity index (χ4v) is 2.29. The number of phenolic OH excluding ortho intramolecular Hbond substituents is 1. The van der Waals surface area contributed by atoms with E-state index in [9.17, 15) is 14.7 Å². The van der Waals surface area contributed by atoms with Crippen LogP contribution in [0.4, 0.5) is 5.69 Å². The standard InChI is InChI=1S/C16H14N2O3/c1-18-15(20)13-7-4-11(8-14(13)16(18)21)17-9-10-2-5-12(19)6-3-10/h2-8,17,19H,9H2,1H3. The van der Waals surface area contributed by atoms with Crippen LogP contribution in [0.3, 0.4) is 0 Å². The average molecular weight is 282 g/mol. The maximum atomic E-state index is 11.9. The smallest absolute Gasteiger partial charge is 0.261 e. The lowest BCUT2D eigenvalue weighted by Gasteiger charge is -2.07.